The van der Waals surface area contributed by atoms with Crippen molar-refractivity contribution in [2.45, 2.75) is 0 Å². The molecular formula is C4H13NO2S2. The van der Waals surface area contributed by atoms with Crippen LogP contribution in [0, 0.1) is 0 Å². The van der Waals surface area contributed by atoms with E-state index >= 15 is 0 Å². The molecule has 0 aromatic carbocycles. The predicted octanol–water partition coefficient (Wildman–Crippen LogP) is 0.145. The van der Waals surface area contributed by atoms with Gasteiger partial charge in [0.1, 0.15) is 0 Å². The summed E-state index contributed by atoms with van der Waals surface area (Å²) < 4.78 is 23.6. The maximum absolute atomic E-state index is 10.6. The Hall–Kier alpha value is 0.260. The summed E-state index contributed by atoms with van der Waals surface area (Å²) >= 11 is 0. The molecule has 0 radical (unpaired) electrons. The van der Waals surface area contributed by atoms with Gasteiger partial charge in [0.05, 0.1) is 6.26 Å². The maximum atomic E-state index is 10.6. The van der Waals surface area contributed by atoms with Crippen LogP contribution in [0.25, 0.3) is 0 Å². The Morgan fingerprint density at radius 2 is 1.33 bits per heavy atom. The first-order valence-corrected chi connectivity index (χ1v) is 7.12. The molecule has 0 amide bonds. The molecule has 0 bridgehead atoms. The third kappa shape index (κ3) is 8.26. The fourth-order valence-electron chi connectivity index (χ4n) is 0.454. The van der Waals surface area contributed by atoms with Crippen LogP contribution in [0.1, 0.15) is 0 Å². The molecule has 0 heterocycles. The van der Waals surface area contributed by atoms with Crippen molar-refractivity contribution in [3.05, 3.63) is 0 Å². The van der Waals surface area contributed by atoms with E-state index in [4.69, 9.17) is 0 Å². The van der Waals surface area contributed by atoms with Gasteiger partial charge in [-0.3, -0.25) is 0 Å². The quantitative estimate of drug-likeness (QED) is 0.642. The van der Waals surface area contributed by atoms with Crippen molar-refractivity contribution < 1.29 is 8.42 Å². The van der Waals surface area contributed by atoms with Crippen molar-refractivity contribution in [2.24, 2.45) is 0 Å². The molecule has 1 N–H and O–H groups in total. The highest BCUT2D eigenvalue weighted by Gasteiger charge is 2.09. The van der Waals surface area contributed by atoms with Crippen molar-refractivity contribution >= 4 is 20.2 Å². The smallest absolute Gasteiger partial charge is 0.212 e. The summed E-state index contributed by atoms with van der Waals surface area (Å²) in [6, 6.07) is 0. The Labute approximate surface area is 58.3 Å². The molecule has 0 aliphatic rings. The van der Waals surface area contributed by atoms with Gasteiger partial charge >= 0.3 is 0 Å². The normalized spacial score (nSPS) is 15.6. The minimum absolute atomic E-state index is 1.12. The third-order valence-electron chi connectivity index (χ3n) is 0.401. The lowest BCUT2D eigenvalue weighted by molar-refractivity contribution is 0.600. The van der Waals surface area contributed by atoms with Crippen LogP contribution in [-0.2, 0) is 10.0 Å². The van der Waals surface area contributed by atoms with Crippen LogP contribution < -0.4 is 4.13 Å². The molecule has 0 fully saturated rings. The zero-order valence-electron chi connectivity index (χ0n) is 6.13. The average Bonchev–Trinajstić information content (AvgIpc) is 1.14. The van der Waals surface area contributed by atoms with Crippen molar-refractivity contribution in [2.75, 3.05) is 25.0 Å². The molecule has 0 aromatic rings. The number of nitrogens with one attached hydrogen (secondary N) is 1. The molecule has 0 saturated carbocycles. The van der Waals surface area contributed by atoms with Gasteiger partial charge in [0.15, 0.2) is 0 Å². The Balaban J connectivity index is 4.07. The Morgan fingerprint density at radius 1 is 1.00 bits per heavy atom. The summed E-state index contributed by atoms with van der Waals surface area (Å²) in [5, 5.41) is 0. The van der Waals surface area contributed by atoms with E-state index in [1.54, 1.807) is 0 Å². The van der Waals surface area contributed by atoms with E-state index in [2.05, 4.69) is 4.13 Å². The van der Waals surface area contributed by atoms with Crippen LogP contribution in [0.4, 0.5) is 0 Å². The largest absolute Gasteiger partial charge is 0.216 e. The molecule has 58 valence electrons. The second-order valence-electron chi connectivity index (χ2n) is 2.69. The number of sulfonamides is 1. The fraction of sp³-hybridized carbons (Fsp3) is 1.00. The van der Waals surface area contributed by atoms with E-state index in [0.717, 1.165) is 0 Å². The van der Waals surface area contributed by atoms with Crippen LogP contribution in [0.3, 0.4) is 0 Å². The first-order chi connectivity index (χ1) is 3.71. The van der Waals surface area contributed by atoms with Crippen LogP contribution in [0.5, 0.6) is 0 Å². The van der Waals surface area contributed by atoms with Crippen molar-refractivity contribution in [1.29, 1.82) is 0 Å². The minimum atomic E-state index is -2.99. The second kappa shape index (κ2) is 2.48. The van der Waals surface area contributed by atoms with E-state index < -0.39 is 20.2 Å². The lowest BCUT2D eigenvalue weighted by Crippen LogP contribution is -2.24. The molecular weight excluding hydrogens is 158 g/mol. The van der Waals surface area contributed by atoms with Gasteiger partial charge in [-0.1, -0.05) is 0 Å². The maximum Gasteiger partial charge on any atom is 0.216 e. The highest BCUT2D eigenvalue weighted by molar-refractivity contribution is 8.34. The average molecular weight is 171 g/mol. The summed E-state index contributed by atoms with van der Waals surface area (Å²) in [6.45, 7) is 0. The highest BCUT2D eigenvalue weighted by Crippen LogP contribution is 2.29. The molecule has 0 spiro atoms. The van der Waals surface area contributed by atoms with E-state index in [-0.39, 0.29) is 0 Å². The number of rotatable bonds is 2. The summed E-state index contributed by atoms with van der Waals surface area (Å²) in [6.07, 6.45) is 6.82. The summed E-state index contributed by atoms with van der Waals surface area (Å²) in [7, 11) is -4.11. The molecule has 0 saturated heterocycles. The molecule has 0 aliphatic heterocycles. The predicted molar refractivity (Wildman–Crippen MR) is 43.3 cm³/mol. The summed E-state index contributed by atoms with van der Waals surface area (Å²) in [5.74, 6) is 0. The SMILES string of the molecule is CS(C)(C)NS(C)(=O)=O. The highest BCUT2D eigenvalue weighted by atomic mass is 32.3. The third-order valence-corrected chi connectivity index (χ3v) is 3.61. The van der Waals surface area contributed by atoms with Gasteiger partial charge in [-0.15, -0.1) is 0 Å². The Kier molecular flexibility index (Phi) is 2.55. The first-order valence-electron chi connectivity index (χ1n) is 2.37. The van der Waals surface area contributed by atoms with Crippen LogP contribution >= 0.6 is 10.2 Å². The monoisotopic (exact) mass is 171 g/mol. The van der Waals surface area contributed by atoms with Gasteiger partial charge in [-0.05, 0) is 18.8 Å². The van der Waals surface area contributed by atoms with Gasteiger partial charge in [0.25, 0.3) is 0 Å². The van der Waals surface area contributed by atoms with E-state index in [1.807, 2.05) is 18.8 Å². The van der Waals surface area contributed by atoms with Crippen LogP contribution in [0.15, 0.2) is 0 Å². The topological polar surface area (TPSA) is 46.2 Å². The Morgan fingerprint density at radius 3 is 1.33 bits per heavy atom. The summed E-state index contributed by atoms with van der Waals surface area (Å²) in [4.78, 5) is 0. The standard InChI is InChI=1S/C4H13NO2S2/c1-8(2,3)5-9(4,6)7/h5H,1-4H3. The van der Waals surface area contributed by atoms with E-state index in [1.165, 1.54) is 6.26 Å². The zero-order valence-corrected chi connectivity index (χ0v) is 7.77. The van der Waals surface area contributed by atoms with Gasteiger partial charge in [-0.25, -0.2) is 8.42 Å². The second-order valence-corrected chi connectivity index (χ2v) is 8.58. The van der Waals surface area contributed by atoms with E-state index in [9.17, 15) is 8.42 Å². The van der Waals surface area contributed by atoms with Gasteiger partial charge in [0.2, 0.25) is 10.0 Å². The molecule has 0 aromatic heterocycles. The fourth-order valence-corrected chi connectivity index (χ4v) is 4.09. The van der Waals surface area contributed by atoms with Crippen molar-refractivity contribution in [1.82, 2.24) is 4.13 Å². The van der Waals surface area contributed by atoms with Gasteiger partial charge < -0.3 is 0 Å². The zero-order chi connectivity index (χ0) is 7.71. The molecule has 0 rings (SSSR count). The van der Waals surface area contributed by atoms with Gasteiger partial charge in [0, 0.05) is 0 Å². The molecule has 0 unspecified atom stereocenters. The number of hydrogen-bond acceptors (Lipinski definition) is 2. The molecule has 0 atom stereocenters. The first kappa shape index (κ1) is 9.26. The lowest BCUT2D eigenvalue weighted by Gasteiger charge is -2.24. The molecule has 9 heavy (non-hydrogen) atoms. The minimum Gasteiger partial charge on any atom is -0.212 e. The van der Waals surface area contributed by atoms with E-state index in [0.29, 0.717) is 0 Å². The lowest BCUT2D eigenvalue weighted by atomic mass is 11.9. The molecule has 0 aliphatic carbocycles. The van der Waals surface area contributed by atoms with Gasteiger partial charge in [-0.2, -0.15) is 14.3 Å². The van der Waals surface area contributed by atoms with Crippen molar-refractivity contribution in [3.8, 4) is 0 Å². The summed E-state index contributed by atoms with van der Waals surface area (Å²) in [5.41, 5.74) is 0. The van der Waals surface area contributed by atoms with Crippen LogP contribution in [-0.4, -0.2) is 33.4 Å². The van der Waals surface area contributed by atoms with Crippen LogP contribution in [0.2, 0.25) is 0 Å². The molecule has 5 heteroatoms. The Bertz CT molecular complexity index is 177. The molecule has 3 nitrogen and oxygen atoms in total. The number of hydrogen-bond donors (Lipinski definition) is 1. The van der Waals surface area contributed by atoms with Crippen molar-refractivity contribution in [3.63, 3.8) is 0 Å².